The van der Waals surface area contributed by atoms with E-state index in [1.165, 1.54) is 23.5 Å². The van der Waals surface area contributed by atoms with Gasteiger partial charge in [0.25, 0.3) is 5.91 Å². The number of thiophene rings is 1. The van der Waals surface area contributed by atoms with Crippen molar-refractivity contribution < 1.29 is 18.1 Å². The van der Waals surface area contributed by atoms with Crippen LogP contribution in [0.5, 0.6) is 0 Å². The lowest BCUT2D eigenvalue weighted by molar-refractivity contribution is 0.0950. The number of carbonyl (C=O) groups excluding carboxylic acids is 1. The summed E-state index contributed by atoms with van der Waals surface area (Å²) >= 11 is 1.43. The van der Waals surface area contributed by atoms with Crippen LogP contribution < -0.4 is 5.32 Å². The van der Waals surface area contributed by atoms with Crippen molar-refractivity contribution in [2.24, 2.45) is 0 Å². The van der Waals surface area contributed by atoms with E-state index < -0.39 is 17.5 Å². The van der Waals surface area contributed by atoms with Crippen molar-refractivity contribution in [1.29, 1.82) is 0 Å². The van der Waals surface area contributed by atoms with Crippen LogP contribution in [0, 0.1) is 18.6 Å². The number of aromatic nitrogens is 1. The summed E-state index contributed by atoms with van der Waals surface area (Å²) in [6.45, 7) is 1.67. The molecule has 7 heteroatoms. The average Bonchev–Trinajstić information content (AvgIpc) is 3.12. The fourth-order valence-corrected chi connectivity index (χ4v) is 2.90. The van der Waals surface area contributed by atoms with Gasteiger partial charge in [-0.1, -0.05) is 11.2 Å². The second-order valence-corrected chi connectivity index (χ2v) is 5.86. The number of amides is 1. The van der Waals surface area contributed by atoms with Crippen LogP contribution in [0.2, 0.25) is 0 Å². The summed E-state index contributed by atoms with van der Waals surface area (Å²) in [7, 11) is 0. The number of benzene rings is 1. The molecule has 0 atom stereocenters. The van der Waals surface area contributed by atoms with Crippen LogP contribution >= 0.6 is 11.3 Å². The summed E-state index contributed by atoms with van der Waals surface area (Å²) in [5.74, 6) is -1.39. The summed E-state index contributed by atoms with van der Waals surface area (Å²) in [6, 6.07) is 6.79. The van der Waals surface area contributed by atoms with Gasteiger partial charge in [0.1, 0.15) is 17.2 Å². The van der Waals surface area contributed by atoms with E-state index in [2.05, 4.69) is 10.5 Å². The Balaban J connectivity index is 1.80. The van der Waals surface area contributed by atoms with Crippen LogP contribution in [-0.4, -0.2) is 11.1 Å². The molecule has 1 N–H and O–H groups in total. The Hall–Kier alpha value is -2.54. The van der Waals surface area contributed by atoms with Gasteiger partial charge in [-0.25, -0.2) is 8.78 Å². The zero-order valence-corrected chi connectivity index (χ0v) is 12.9. The summed E-state index contributed by atoms with van der Waals surface area (Å²) in [5, 5.41) is 8.32. The van der Waals surface area contributed by atoms with Gasteiger partial charge >= 0.3 is 0 Å². The standard InChI is InChI=1S/C16H12F2N2O2S/c1-9-14(15(22-20-9)13-3-2-4-23-13)16(21)19-8-10-5-11(17)7-12(18)6-10/h2-7H,8H2,1H3,(H,19,21). The number of nitrogens with one attached hydrogen (secondary N) is 1. The van der Waals surface area contributed by atoms with Crippen LogP contribution in [0.15, 0.2) is 40.2 Å². The number of carbonyl (C=O) groups is 1. The fourth-order valence-electron chi connectivity index (χ4n) is 2.20. The summed E-state index contributed by atoms with van der Waals surface area (Å²) in [4.78, 5) is 13.2. The molecule has 0 fully saturated rings. The van der Waals surface area contributed by atoms with Gasteiger partial charge < -0.3 is 9.84 Å². The highest BCUT2D eigenvalue weighted by molar-refractivity contribution is 7.13. The van der Waals surface area contributed by atoms with Crippen LogP contribution in [0.4, 0.5) is 8.78 Å². The van der Waals surface area contributed by atoms with E-state index in [0.717, 1.165) is 10.9 Å². The molecule has 0 saturated carbocycles. The number of nitrogens with zero attached hydrogens (tertiary/aromatic N) is 1. The molecule has 3 rings (SSSR count). The van der Waals surface area contributed by atoms with Crippen LogP contribution in [0.25, 0.3) is 10.6 Å². The van der Waals surface area contributed by atoms with Gasteiger partial charge in [0, 0.05) is 12.6 Å². The molecule has 0 aliphatic heterocycles. The molecule has 0 aliphatic carbocycles. The molecule has 0 unspecified atom stereocenters. The minimum absolute atomic E-state index is 0.00200. The summed E-state index contributed by atoms with van der Waals surface area (Å²) < 4.78 is 31.6. The number of halogens is 2. The lowest BCUT2D eigenvalue weighted by atomic mass is 10.1. The molecule has 118 valence electrons. The van der Waals surface area contributed by atoms with Crippen molar-refractivity contribution in [1.82, 2.24) is 10.5 Å². The van der Waals surface area contributed by atoms with Crippen molar-refractivity contribution in [3.05, 3.63) is 64.2 Å². The lowest BCUT2D eigenvalue weighted by Gasteiger charge is -2.06. The number of rotatable bonds is 4. The van der Waals surface area contributed by atoms with Crippen LogP contribution in [0.3, 0.4) is 0 Å². The van der Waals surface area contributed by atoms with Gasteiger partial charge in [-0.2, -0.15) is 0 Å². The number of aryl methyl sites for hydroxylation is 1. The minimum atomic E-state index is -0.685. The van der Waals surface area contributed by atoms with Crippen LogP contribution in [0.1, 0.15) is 21.6 Å². The molecule has 0 spiro atoms. The topological polar surface area (TPSA) is 55.1 Å². The molecule has 4 nitrogen and oxygen atoms in total. The maximum absolute atomic E-state index is 13.2. The fraction of sp³-hybridized carbons (Fsp3) is 0.125. The molecule has 0 radical (unpaired) electrons. The zero-order valence-electron chi connectivity index (χ0n) is 12.1. The Bertz CT molecular complexity index is 824. The largest absolute Gasteiger partial charge is 0.354 e. The average molecular weight is 334 g/mol. The quantitative estimate of drug-likeness (QED) is 0.787. The van der Waals surface area contributed by atoms with E-state index in [9.17, 15) is 13.6 Å². The van der Waals surface area contributed by atoms with Crippen LogP contribution in [-0.2, 0) is 6.54 Å². The third-order valence-electron chi connectivity index (χ3n) is 3.21. The Kier molecular flexibility index (Phi) is 4.20. The second-order valence-electron chi connectivity index (χ2n) is 4.91. The molecule has 0 bridgehead atoms. The molecular weight excluding hydrogens is 322 g/mol. The van der Waals surface area contributed by atoms with Crippen molar-refractivity contribution in [2.75, 3.05) is 0 Å². The Morgan fingerprint density at radius 3 is 2.70 bits per heavy atom. The maximum Gasteiger partial charge on any atom is 0.257 e. The number of hydrogen-bond donors (Lipinski definition) is 1. The third-order valence-corrected chi connectivity index (χ3v) is 4.08. The first-order chi connectivity index (χ1) is 11.0. The SMILES string of the molecule is Cc1noc(-c2cccs2)c1C(=O)NCc1cc(F)cc(F)c1. The smallest absolute Gasteiger partial charge is 0.257 e. The van der Waals surface area contributed by atoms with Crippen molar-refractivity contribution in [2.45, 2.75) is 13.5 Å². The predicted octanol–water partition coefficient (Wildman–Crippen LogP) is 3.92. The van der Waals surface area contributed by atoms with E-state index in [0.29, 0.717) is 22.6 Å². The molecule has 0 saturated heterocycles. The molecule has 23 heavy (non-hydrogen) atoms. The van der Waals surface area contributed by atoms with Gasteiger partial charge in [-0.05, 0) is 36.1 Å². The van der Waals surface area contributed by atoms with E-state index in [4.69, 9.17) is 4.52 Å². The zero-order chi connectivity index (χ0) is 16.4. The first kappa shape index (κ1) is 15.4. The third kappa shape index (κ3) is 3.29. The lowest BCUT2D eigenvalue weighted by Crippen LogP contribution is -2.23. The number of hydrogen-bond acceptors (Lipinski definition) is 4. The van der Waals surface area contributed by atoms with Crippen molar-refractivity contribution >= 4 is 17.2 Å². The van der Waals surface area contributed by atoms with Crippen molar-refractivity contribution in [3.63, 3.8) is 0 Å². The monoisotopic (exact) mass is 334 g/mol. The van der Waals surface area contributed by atoms with Gasteiger partial charge in [-0.15, -0.1) is 11.3 Å². The highest BCUT2D eigenvalue weighted by Gasteiger charge is 2.22. The Morgan fingerprint density at radius 1 is 1.30 bits per heavy atom. The van der Waals surface area contributed by atoms with Gasteiger partial charge in [0.05, 0.1) is 10.6 Å². The highest BCUT2D eigenvalue weighted by atomic mass is 32.1. The minimum Gasteiger partial charge on any atom is -0.354 e. The molecule has 2 aromatic heterocycles. The first-order valence-electron chi connectivity index (χ1n) is 6.78. The Labute approximate surface area is 134 Å². The second kappa shape index (κ2) is 6.29. The summed E-state index contributed by atoms with van der Waals surface area (Å²) in [5.41, 5.74) is 1.11. The first-order valence-corrected chi connectivity index (χ1v) is 7.66. The summed E-state index contributed by atoms with van der Waals surface area (Å²) in [6.07, 6.45) is 0. The van der Waals surface area contributed by atoms with E-state index in [1.54, 1.807) is 6.92 Å². The van der Waals surface area contributed by atoms with Gasteiger partial charge in [-0.3, -0.25) is 4.79 Å². The van der Waals surface area contributed by atoms with E-state index >= 15 is 0 Å². The molecule has 2 heterocycles. The molecule has 1 aromatic carbocycles. The van der Waals surface area contributed by atoms with E-state index in [-0.39, 0.29) is 6.54 Å². The van der Waals surface area contributed by atoms with Gasteiger partial charge in [0.2, 0.25) is 0 Å². The van der Waals surface area contributed by atoms with Gasteiger partial charge in [0.15, 0.2) is 5.76 Å². The molecule has 3 aromatic rings. The van der Waals surface area contributed by atoms with E-state index in [1.807, 2.05) is 17.5 Å². The predicted molar refractivity (Wildman–Crippen MR) is 82.1 cm³/mol. The van der Waals surface area contributed by atoms with Crippen molar-refractivity contribution in [3.8, 4) is 10.6 Å². The molecular formula is C16H12F2N2O2S. The molecule has 1 amide bonds. The Morgan fingerprint density at radius 2 is 2.04 bits per heavy atom. The normalized spacial score (nSPS) is 10.7. The maximum atomic E-state index is 13.2. The molecule has 0 aliphatic rings. The highest BCUT2D eigenvalue weighted by Crippen LogP contribution is 2.29.